The van der Waals surface area contributed by atoms with Crippen molar-refractivity contribution < 1.29 is 0 Å². The zero-order valence-electron chi connectivity index (χ0n) is 14.7. The molecular formula is C19H38ClN. The lowest BCUT2D eigenvalue weighted by molar-refractivity contribution is 0.489. The Kier molecular flexibility index (Phi) is 17.8. The van der Waals surface area contributed by atoms with Gasteiger partial charge < -0.3 is 5.73 Å². The topological polar surface area (TPSA) is 26.0 Å². The van der Waals surface area contributed by atoms with Crippen molar-refractivity contribution in [3.8, 4) is 11.8 Å². The van der Waals surface area contributed by atoms with Crippen LogP contribution in [-0.2, 0) is 0 Å². The van der Waals surface area contributed by atoms with Gasteiger partial charge in [0.2, 0.25) is 0 Å². The van der Waals surface area contributed by atoms with Gasteiger partial charge in [0.1, 0.15) is 0 Å². The van der Waals surface area contributed by atoms with Crippen molar-refractivity contribution in [2.24, 2.45) is 5.73 Å². The van der Waals surface area contributed by atoms with E-state index in [1.165, 1.54) is 77.0 Å². The highest BCUT2D eigenvalue weighted by Crippen LogP contribution is 2.15. The van der Waals surface area contributed by atoms with Crippen molar-refractivity contribution in [1.29, 1.82) is 0 Å². The van der Waals surface area contributed by atoms with Crippen molar-refractivity contribution in [3.63, 3.8) is 0 Å². The molecule has 1 unspecified atom stereocenters. The van der Waals surface area contributed by atoms with Crippen LogP contribution in [0.1, 0.15) is 104 Å². The third-order valence-electron chi connectivity index (χ3n) is 3.96. The lowest BCUT2D eigenvalue weighted by Gasteiger charge is -2.17. The van der Waals surface area contributed by atoms with Gasteiger partial charge in [-0.25, -0.2) is 0 Å². The highest BCUT2D eigenvalue weighted by molar-refractivity contribution is 5.85. The van der Waals surface area contributed by atoms with E-state index < -0.39 is 0 Å². The lowest BCUT2D eigenvalue weighted by atomic mass is 9.95. The summed E-state index contributed by atoms with van der Waals surface area (Å²) in [6.07, 6.45) is 17.7. The Morgan fingerprint density at radius 2 is 1.14 bits per heavy atom. The highest BCUT2D eigenvalue weighted by atomic mass is 35.5. The minimum atomic E-state index is -0.271. The van der Waals surface area contributed by atoms with Crippen LogP contribution in [0.4, 0.5) is 0 Å². The number of halogens is 1. The van der Waals surface area contributed by atoms with Crippen molar-refractivity contribution in [3.05, 3.63) is 0 Å². The highest BCUT2D eigenvalue weighted by Gasteiger charge is 2.13. The van der Waals surface area contributed by atoms with E-state index in [1.54, 1.807) is 0 Å². The maximum Gasteiger partial charge on any atom is 0.0747 e. The molecule has 0 aliphatic carbocycles. The van der Waals surface area contributed by atoms with Gasteiger partial charge in [-0.05, 0) is 20.3 Å². The normalized spacial score (nSPS) is 13.0. The summed E-state index contributed by atoms with van der Waals surface area (Å²) in [7, 11) is 0. The minimum Gasteiger partial charge on any atom is -0.315 e. The van der Waals surface area contributed by atoms with Crippen molar-refractivity contribution in [2.75, 3.05) is 0 Å². The summed E-state index contributed by atoms with van der Waals surface area (Å²) in [5.41, 5.74) is 5.81. The lowest BCUT2D eigenvalue weighted by Crippen LogP contribution is -2.33. The molecule has 1 nitrogen and oxygen atoms in total. The molecule has 2 heteroatoms. The van der Waals surface area contributed by atoms with E-state index in [0.29, 0.717) is 0 Å². The minimum absolute atomic E-state index is 0. The van der Waals surface area contributed by atoms with Crippen LogP contribution in [0.15, 0.2) is 0 Å². The Hall–Kier alpha value is -0.190. The zero-order valence-corrected chi connectivity index (χ0v) is 15.5. The number of rotatable bonds is 13. The smallest absolute Gasteiger partial charge is 0.0747 e. The molecule has 0 fully saturated rings. The second kappa shape index (κ2) is 16.2. The van der Waals surface area contributed by atoms with E-state index in [9.17, 15) is 0 Å². The van der Waals surface area contributed by atoms with E-state index >= 15 is 0 Å². The molecule has 0 bridgehead atoms. The van der Waals surface area contributed by atoms with Crippen LogP contribution in [0.2, 0.25) is 0 Å². The molecule has 0 aliphatic rings. The SMILES string of the molecule is CC#CC(C)(N)CCCCCCCCCCCCCC.Cl. The number of hydrogen-bond acceptors (Lipinski definition) is 1. The number of hydrogen-bond donors (Lipinski definition) is 1. The van der Waals surface area contributed by atoms with Gasteiger partial charge in [0, 0.05) is 0 Å². The van der Waals surface area contributed by atoms with Gasteiger partial charge in [-0.15, -0.1) is 18.3 Å². The molecule has 0 radical (unpaired) electrons. The Labute approximate surface area is 140 Å². The molecular weight excluding hydrogens is 278 g/mol. The summed E-state index contributed by atoms with van der Waals surface area (Å²) in [5.74, 6) is 6.02. The molecule has 0 rings (SSSR count). The maximum absolute atomic E-state index is 6.08. The van der Waals surface area contributed by atoms with Crippen molar-refractivity contribution in [1.82, 2.24) is 0 Å². The molecule has 21 heavy (non-hydrogen) atoms. The molecule has 0 saturated heterocycles. The van der Waals surface area contributed by atoms with Gasteiger partial charge in [0.25, 0.3) is 0 Å². The van der Waals surface area contributed by atoms with E-state index in [-0.39, 0.29) is 17.9 Å². The van der Waals surface area contributed by atoms with Crippen LogP contribution in [-0.4, -0.2) is 5.54 Å². The maximum atomic E-state index is 6.08. The molecule has 0 aromatic rings. The molecule has 0 aliphatic heterocycles. The number of nitrogens with two attached hydrogens (primary N) is 1. The molecule has 0 heterocycles. The molecule has 0 aromatic carbocycles. The predicted molar refractivity (Wildman–Crippen MR) is 99.0 cm³/mol. The van der Waals surface area contributed by atoms with Gasteiger partial charge >= 0.3 is 0 Å². The van der Waals surface area contributed by atoms with Crippen LogP contribution >= 0.6 is 12.4 Å². The summed E-state index contributed by atoms with van der Waals surface area (Å²) >= 11 is 0. The van der Waals surface area contributed by atoms with E-state index in [0.717, 1.165) is 6.42 Å². The van der Waals surface area contributed by atoms with Crippen LogP contribution in [0.5, 0.6) is 0 Å². The molecule has 0 aromatic heterocycles. The Balaban J connectivity index is 0. The Morgan fingerprint density at radius 3 is 1.52 bits per heavy atom. The van der Waals surface area contributed by atoms with E-state index in [4.69, 9.17) is 5.73 Å². The average Bonchev–Trinajstić information content (AvgIpc) is 2.40. The molecule has 0 amide bonds. The monoisotopic (exact) mass is 315 g/mol. The standard InChI is InChI=1S/C19H37N.ClH/c1-4-6-7-8-9-10-11-12-13-14-15-16-18-19(3,20)17-5-2;/h4,6-16,18,20H2,1-3H3;1H. The average molecular weight is 316 g/mol. The van der Waals surface area contributed by atoms with Gasteiger partial charge in [0.15, 0.2) is 0 Å². The molecule has 0 saturated carbocycles. The van der Waals surface area contributed by atoms with E-state index in [2.05, 4.69) is 18.8 Å². The van der Waals surface area contributed by atoms with Gasteiger partial charge in [-0.2, -0.15) is 0 Å². The molecule has 1 atom stereocenters. The van der Waals surface area contributed by atoms with Gasteiger partial charge in [-0.3, -0.25) is 0 Å². The largest absolute Gasteiger partial charge is 0.315 e. The van der Waals surface area contributed by atoms with E-state index in [1.807, 2.05) is 13.8 Å². The summed E-state index contributed by atoms with van der Waals surface area (Å²) in [6.45, 7) is 6.19. The fourth-order valence-corrected chi connectivity index (χ4v) is 2.68. The third kappa shape index (κ3) is 17.8. The predicted octanol–water partition coefficient (Wildman–Crippen LogP) is 6.24. The van der Waals surface area contributed by atoms with Crippen LogP contribution in [0, 0.1) is 11.8 Å². The Morgan fingerprint density at radius 1 is 0.762 bits per heavy atom. The zero-order chi connectivity index (χ0) is 15.1. The quantitative estimate of drug-likeness (QED) is 0.316. The Bertz CT molecular complexity index is 262. The second-order valence-corrected chi connectivity index (χ2v) is 6.43. The fraction of sp³-hybridized carbons (Fsp3) is 0.895. The first-order valence-corrected chi connectivity index (χ1v) is 8.85. The van der Waals surface area contributed by atoms with Gasteiger partial charge in [-0.1, -0.05) is 89.9 Å². The van der Waals surface area contributed by atoms with Crippen molar-refractivity contribution >= 4 is 12.4 Å². The van der Waals surface area contributed by atoms with Gasteiger partial charge in [0.05, 0.1) is 5.54 Å². The summed E-state index contributed by atoms with van der Waals surface area (Å²) in [4.78, 5) is 0. The molecule has 126 valence electrons. The fourth-order valence-electron chi connectivity index (χ4n) is 2.68. The third-order valence-corrected chi connectivity index (χ3v) is 3.96. The number of unbranched alkanes of at least 4 members (excludes halogenated alkanes) is 11. The first kappa shape index (κ1) is 23.1. The first-order chi connectivity index (χ1) is 9.62. The molecule has 2 N–H and O–H groups in total. The summed E-state index contributed by atoms with van der Waals surface area (Å²) in [5, 5.41) is 0. The van der Waals surface area contributed by atoms with Crippen molar-refractivity contribution in [2.45, 2.75) is 110 Å². The van der Waals surface area contributed by atoms with Crippen LogP contribution in [0.3, 0.4) is 0 Å². The van der Waals surface area contributed by atoms with Crippen LogP contribution in [0.25, 0.3) is 0 Å². The van der Waals surface area contributed by atoms with Crippen LogP contribution < -0.4 is 5.73 Å². The first-order valence-electron chi connectivity index (χ1n) is 8.85. The molecule has 0 spiro atoms. The summed E-state index contributed by atoms with van der Waals surface area (Å²) in [6, 6.07) is 0. The second-order valence-electron chi connectivity index (χ2n) is 6.43. The summed E-state index contributed by atoms with van der Waals surface area (Å²) < 4.78 is 0.